The van der Waals surface area contributed by atoms with Gasteiger partial charge in [0, 0.05) is 31.6 Å². The monoisotopic (exact) mass is 956 g/mol. The molecule has 2 aliphatic heterocycles. The number of carbonyl (C=O) groups excluding carboxylic acids is 3. The van der Waals surface area contributed by atoms with Crippen LogP contribution in [-0.4, -0.2) is 109 Å². The van der Waals surface area contributed by atoms with Crippen molar-refractivity contribution < 1.29 is 57.0 Å². The predicted octanol–water partition coefficient (Wildman–Crippen LogP) is 9.68. The zero-order valence-corrected chi connectivity index (χ0v) is 38.4. The van der Waals surface area contributed by atoms with Crippen LogP contribution >= 0.6 is 34.8 Å². The second-order valence-electron chi connectivity index (χ2n) is 17.3. The fourth-order valence-corrected chi connectivity index (χ4v) is 8.67. The van der Waals surface area contributed by atoms with Gasteiger partial charge in [-0.2, -0.15) is 4.39 Å². The van der Waals surface area contributed by atoms with Gasteiger partial charge in [0.2, 0.25) is 15.5 Å². The van der Waals surface area contributed by atoms with Crippen LogP contribution in [0.15, 0.2) is 60.7 Å². The molecule has 4 atom stereocenters. The maximum Gasteiger partial charge on any atom is 0.411 e. The van der Waals surface area contributed by atoms with E-state index in [0.29, 0.717) is 38.3 Å². The Bertz CT molecular complexity index is 2130. The smallest absolute Gasteiger partial charge is 0.411 e. The molecule has 2 bridgehead atoms. The topological polar surface area (TPSA) is 142 Å². The zero-order chi connectivity index (χ0) is 46.6. The molecular weight excluding hydrogens is 904 g/mol. The number of unbranched alkanes of at least 4 members (excludes halogenated alkanes) is 1. The number of fused-ring (bicyclic) bond motifs is 2. The van der Waals surface area contributed by atoms with Gasteiger partial charge in [0.1, 0.15) is 0 Å². The summed E-state index contributed by atoms with van der Waals surface area (Å²) in [5, 5.41) is 17.2. The number of ether oxygens (including phenoxy) is 3. The minimum Gasteiger partial charge on any atom is -0.488 e. The van der Waals surface area contributed by atoms with Crippen LogP contribution in [0, 0.1) is 29.8 Å². The highest BCUT2D eigenvalue weighted by Gasteiger charge is 2.62. The Balaban J connectivity index is 1.32. The lowest BCUT2D eigenvalue weighted by molar-refractivity contribution is -0.492. The minimum absolute atomic E-state index is 0.00413. The molecule has 3 amide bonds. The summed E-state index contributed by atoms with van der Waals surface area (Å²) in [6.45, 7) is 6.92. The summed E-state index contributed by atoms with van der Waals surface area (Å²) in [5.74, 6) is -5.06. The van der Waals surface area contributed by atoms with Gasteiger partial charge in [-0.15, -0.1) is 0 Å². The molecule has 1 aliphatic carbocycles. The molecule has 3 aliphatic rings. The number of amides is 3. The van der Waals surface area contributed by atoms with E-state index < -0.39 is 73.6 Å². The Labute approximate surface area is 385 Å². The molecule has 13 nitrogen and oxygen atoms in total. The Hall–Kier alpha value is -4.03. The van der Waals surface area contributed by atoms with Gasteiger partial charge < -0.3 is 24.0 Å². The Kier molecular flexibility index (Phi) is 15.9. The SMILES string of the molecule is Cc1ccccc1CN(C(=O)C1(C)C(c2ccc(CCCOc3c(F)ccc(F)c3F)cc2)CC2CN(C(=O)OCCCCON(O)O)CC1N2C(=O)OC(C)(C)C(Cl)(Cl)Cl)C1CC1. The lowest BCUT2D eigenvalue weighted by Crippen LogP contribution is -2.73. The van der Waals surface area contributed by atoms with Crippen molar-refractivity contribution in [1.82, 2.24) is 20.1 Å². The summed E-state index contributed by atoms with van der Waals surface area (Å²) in [6.07, 6.45) is 1.87. The van der Waals surface area contributed by atoms with Gasteiger partial charge >= 0.3 is 12.2 Å². The van der Waals surface area contributed by atoms with Gasteiger partial charge in [-0.1, -0.05) is 83.3 Å². The van der Waals surface area contributed by atoms with E-state index in [9.17, 15) is 22.8 Å². The third-order valence-corrected chi connectivity index (χ3v) is 13.9. The molecular formula is C45H54Cl3F3N4O9. The molecule has 1 saturated carbocycles. The molecule has 3 aromatic carbocycles. The summed E-state index contributed by atoms with van der Waals surface area (Å²) >= 11 is 18.9. The molecule has 0 radical (unpaired) electrons. The number of likely N-dealkylation sites (tertiary alicyclic amines) is 1. The maximum atomic E-state index is 15.7. The number of halogens is 6. The fourth-order valence-electron chi connectivity index (χ4n) is 8.55. The molecule has 2 heterocycles. The summed E-state index contributed by atoms with van der Waals surface area (Å²) in [6, 6.07) is 15.3. The molecule has 19 heteroatoms. The largest absolute Gasteiger partial charge is 0.488 e. The molecule has 2 saturated heterocycles. The van der Waals surface area contributed by atoms with Crippen LogP contribution in [0.3, 0.4) is 0 Å². The van der Waals surface area contributed by atoms with Gasteiger partial charge in [0.15, 0.2) is 23.0 Å². The Morgan fingerprint density at radius 2 is 1.55 bits per heavy atom. The van der Waals surface area contributed by atoms with Crippen LogP contribution in [0.4, 0.5) is 22.8 Å². The highest BCUT2D eigenvalue weighted by Crippen LogP contribution is 2.54. The number of piperazine rings is 1. The number of hydrogen-bond acceptors (Lipinski definition) is 10. The van der Waals surface area contributed by atoms with E-state index in [-0.39, 0.29) is 51.3 Å². The first-order chi connectivity index (χ1) is 30.2. The first kappa shape index (κ1) is 49.4. The first-order valence-electron chi connectivity index (χ1n) is 21.2. The molecule has 350 valence electrons. The molecule has 3 aromatic rings. The number of alkyl halides is 3. The average Bonchev–Trinajstić information content (AvgIpc) is 4.09. The van der Waals surface area contributed by atoms with Crippen LogP contribution < -0.4 is 4.74 Å². The van der Waals surface area contributed by atoms with E-state index in [1.807, 2.05) is 67.3 Å². The molecule has 0 aromatic heterocycles. The Morgan fingerprint density at radius 1 is 0.875 bits per heavy atom. The molecule has 4 unspecified atom stereocenters. The summed E-state index contributed by atoms with van der Waals surface area (Å²) < 4.78 is 56.9. The van der Waals surface area contributed by atoms with E-state index >= 15 is 4.79 Å². The van der Waals surface area contributed by atoms with E-state index in [4.69, 9.17) is 59.4 Å². The van der Waals surface area contributed by atoms with Gasteiger partial charge in [-0.25, -0.2) is 18.4 Å². The zero-order valence-electron chi connectivity index (χ0n) is 36.1. The van der Waals surface area contributed by atoms with Crippen molar-refractivity contribution in [3.05, 3.63) is 100 Å². The van der Waals surface area contributed by atoms with Crippen LogP contribution in [0.1, 0.15) is 87.5 Å². The van der Waals surface area contributed by atoms with E-state index in [1.165, 1.54) is 23.6 Å². The quantitative estimate of drug-likeness (QED) is 0.0582. The van der Waals surface area contributed by atoms with Crippen molar-refractivity contribution in [2.45, 2.75) is 113 Å². The standard InChI is InChI=1S/C45H54Cl3F3N4O9/c1-28-10-5-6-12-31(28)25-53(32-17-18-32)40(56)44(4)34(30-15-13-29(14-16-30)11-9-22-61-39-36(50)20-19-35(49)38(39)51)24-33-26-52(41(57)62-21-7-8-23-63-55(59)60)27-37(44)54(33)42(58)64-43(2,3)45(46,47)48/h5-6,10,12-16,19-20,32-34,37,59-60H,7-9,11,17-18,21-27H2,1-4H3. The van der Waals surface area contributed by atoms with Crippen molar-refractivity contribution in [3.8, 4) is 5.75 Å². The lowest BCUT2D eigenvalue weighted by Gasteiger charge is -2.59. The number of hydrogen-bond donors (Lipinski definition) is 2. The Morgan fingerprint density at radius 3 is 2.20 bits per heavy atom. The number of aryl methyl sites for hydroxylation is 2. The molecule has 0 spiro atoms. The van der Waals surface area contributed by atoms with Crippen molar-refractivity contribution in [1.29, 1.82) is 0 Å². The van der Waals surface area contributed by atoms with Crippen LogP contribution in [0.2, 0.25) is 0 Å². The van der Waals surface area contributed by atoms with Crippen molar-refractivity contribution in [3.63, 3.8) is 0 Å². The number of carbonyl (C=O) groups is 3. The number of piperidine rings is 1. The van der Waals surface area contributed by atoms with E-state index in [1.54, 1.807) is 0 Å². The molecule has 2 N–H and O–H groups in total. The molecule has 64 heavy (non-hydrogen) atoms. The van der Waals surface area contributed by atoms with E-state index in [2.05, 4.69) is 4.84 Å². The maximum absolute atomic E-state index is 15.7. The first-order valence-corrected chi connectivity index (χ1v) is 22.4. The third-order valence-electron chi connectivity index (χ3n) is 12.5. The van der Waals surface area contributed by atoms with Gasteiger partial charge in [-0.3, -0.25) is 24.9 Å². The van der Waals surface area contributed by atoms with Crippen molar-refractivity contribution in [2.24, 2.45) is 5.41 Å². The summed E-state index contributed by atoms with van der Waals surface area (Å²) in [5.41, 5.74) is 0.700. The fraction of sp³-hybridized carbons (Fsp3) is 0.533. The second kappa shape index (κ2) is 20.6. The van der Waals surface area contributed by atoms with Gasteiger partial charge in [0.05, 0.1) is 42.7 Å². The summed E-state index contributed by atoms with van der Waals surface area (Å²) in [4.78, 5) is 53.6. The molecule has 3 fully saturated rings. The molecule has 6 rings (SSSR count). The van der Waals surface area contributed by atoms with Gasteiger partial charge in [-0.05, 0) is 107 Å². The highest BCUT2D eigenvalue weighted by molar-refractivity contribution is 6.68. The number of benzene rings is 3. The normalized spacial score (nSPS) is 21.2. The second-order valence-corrected chi connectivity index (χ2v) is 19.6. The minimum atomic E-state index is -2.02. The van der Waals surface area contributed by atoms with Crippen molar-refractivity contribution >= 4 is 52.9 Å². The lowest BCUT2D eigenvalue weighted by atomic mass is 9.60. The van der Waals surface area contributed by atoms with Crippen molar-refractivity contribution in [2.75, 3.05) is 32.9 Å². The van der Waals surface area contributed by atoms with Gasteiger partial charge in [0.25, 0.3) is 0 Å². The van der Waals surface area contributed by atoms with E-state index in [0.717, 1.165) is 41.2 Å². The number of rotatable bonds is 17. The average molecular weight is 958 g/mol. The highest BCUT2D eigenvalue weighted by atomic mass is 35.6. The van der Waals surface area contributed by atoms with Crippen LogP contribution in [-0.2, 0) is 32.1 Å². The summed E-state index contributed by atoms with van der Waals surface area (Å²) in [7, 11) is 0. The van der Waals surface area contributed by atoms with Crippen LogP contribution in [0.5, 0.6) is 5.75 Å². The predicted molar refractivity (Wildman–Crippen MR) is 231 cm³/mol. The third kappa shape index (κ3) is 11.3. The number of nitrogens with zero attached hydrogens (tertiary/aromatic N) is 4. The van der Waals surface area contributed by atoms with Crippen LogP contribution in [0.25, 0.3) is 0 Å².